The van der Waals surface area contributed by atoms with Crippen LogP contribution in [0.1, 0.15) is 12.5 Å². The minimum absolute atomic E-state index is 0.0295. The average Bonchev–Trinajstić information content (AvgIpc) is 2.44. The lowest BCUT2D eigenvalue weighted by Gasteiger charge is -2.00. The zero-order valence-corrected chi connectivity index (χ0v) is 11.6. The number of nitrogens with zero attached hydrogens (tertiary/aromatic N) is 2. The number of allylic oxidation sites excluding steroid dienone is 1. The summed E-state index contributed by atoms with van der Waals surface area (Å²) in [5.41, 5.74) is 4.64. The highest BCUT2D eigenvalue weighted by molar-refractivity contribution is 6.32. The van der Waals surface area contributed by atoms with Crippen molar-refractivity contribution in [1.29, 1.82) is 0 Å². The molecule has 0 bridgehead atoms. The van der Waals surface area contributed by atoms with E-state index < -0.39 is 5.56 Å². The maximum absolute atomic E-state index is 11.2. The Morgan fingerprint density at radius 1 is 1.40 bits per heavy atom. The molecule has 0 radical (unpaired) electrons. The van der Waals surface area contributed by atoms with Crippen LogP contribution in [-0.2, 0) is 0 Å². The number of benzene rings is 1. The summed E-state index contributed by atoms with van der Waals surface area (Å²) in [5.74, 6) is 0. The Balaban J connectivity index is 2.05. The molecule has 2 aromatic rings. The van der Waals surface area contributed by atoms with E-state index in [9.17, 15) is 4.79 Å². The van der Waals surface area contributed by atoms with Crippen molar-refractivity contribution in [2.45, 2.75) is 6.92 Å². The number of H-pyrrole nitrogens is 1. The SMILES string of the molecule is CC(C=NNc1cn[nH]c(=O)c1Cl)=Cc1ccccc1. The Morgan fingerprint density at radius 3 is 2.90 bits per heavy atom. The summed E-state index contributed by atoms with van der Waals surface area (Å²) in [5, 5.41) is 9.92. The summed E-state index contributed by atoms with van der Waals surface area (Å²) in [6.07, 6.45) is 5.03. The predicted octanol–water partition coefficient (Wildman–Crippen LogP) is 2.92. The average molecular weight is 289 g/mol. The van der Waals surface area contributed by atoms with Crippen LogP contribution in [0.2, 0.25) is 5.02 Å². The number of rotatable bonds is 4. The smallest absolute Gasteiger partial charge is 0.275 e. The van der Waals surface area contributed by atoms with E-state index >= 15 is 0 Å². The first-order valence-electron chi connectivity index (χ1n) is 5.92. The number of aromatic nitrogens is 2. The summed E-state index contributed by atoms with van der Waals surface area (Å²) < 4.78 is 0. The Kier molecular flexibility index (Phi) is 4.68. The van der Waals surface area contributed by atoms with Crippen LogP contribution in [0.5, 0.6) is 0 Å². The second-order valence-electron chi connectivity index (χ2n) is 4.10. The summed E-state index contributed by atoms with van der Waals surface area (Å²) in [7, 11) is 0. The van der Waals surface area contributed by atoms with Gasteiger partial charge in [-0.2, -0.15) is 10.2 Å². The van der Waals surface area contributed by atoms with Crippen LogP contribution in [0.15, 0.2) is 52.0 Å². The van der Waals surface area contributed by atoms with E-state index in [0.29, 0.717) is 5.69 Å². The van der Waals surface area contributed by atoms with Crippen molar-refractivity contribution >= 4 is 29.6 Å². The molecule has 102 valence electrons. The Morgan fingerprint density at radius 2 is 2.15 bits per heavy atom. The van der Waals surface area contributed by atoms with Gasteiger partial charge in [0, 0.05) is 0 Å². The minimum atomic E-state index is -0.455. The van der Waals surface area contributed by atoms with Crippen LogP contribution in [0.4, 0.5) is 5.69 Å². The third kappa shape index (κ3) is 3.80. The Hall–Kier alpha value is -2.40. The van der Waals surface area contributed by atoms with Gasteiger partial charge in [0.05, 0.1) is 12.4 Å². The number of hydrogen-bond donors (Lipinski definition) is 2. The fourth-order valence-electron chi connectivity index (χ4n) is 1.51. The zero-order valence-electron chi connectivity index (χ0n) is 10.8. The van der Waals surface area contributed by atoms with Gasteiger partial charge in [-0.15, -0.1) is 0 Å². The lowest BCUT2D eigenvalue weighted by Crippen LogP contribution is -2.10. The van der Waals surface area contributed by atoms with E-state index in [4.69, 9.17) is 11.6 Å². The molecule has 0 saturated carbocycles. The molecule has 2 N–H and O–H groups in total. The molecule has 0 unspecified atom stereocenters. The van der Waals surface area contributed by atoms with Crippen molar-refractivity contribution in [1.82, 2.24) is 10.2 Å². The van der Waals surface area contributed by atoms with Gasteiger partial charge in [-0.05, 0) is 18.1 Å². The van der Waals surface area contributed by atoms with Crippen LogP contribution in [0.3, 0.4) is 0 Å². The van der Waals surface area contributed by atoms with Crippen LogP contribution >= 0.6 is 11.6 Å². The second kappa shape index (κ2) is 6.68. The molecule has 1 heterocycles. The van der Waals surface area contributed by atoms with Gasteiger partial charge in [0.1, 0.15) is 10.7 Å². The fourth-order valence-corrected chi connectivity index (χ4v) is 1.65. The van der Waals surface area contributed by atoms with Gasteiger partial charge in [-0.3, -0.25) is 10.2 Å². The van der Waals surface area contributed by atoms with Gasteiger partial charge in [0.2, 0.25) is 0 Å². The van der Waals surface area contributed by atoms with Crippen molar-refractivity contribution in [2.24, 2.45) is 5.10 Å². The maximum atomic E-state index is 11.2. The molecule has 2 rings (SSSR count). The van der Waals surface area contributed by atoms with Gasteiger partial charge in [-0.1, -0.05) is 48.0 Å². The third-order valence-electron chi connectivity index (χ3n) is 2.44. The molecule has 0 aliphatic rings. The van der Waals surface area contributed by atoms with Crippen molar-refractivity contribution in [3.63, 3.8) is 0 Å². The number of aromatic amines is 1. The monoisotopic (exact) mass is 288 g/mol. The van der Waals surface area contributed by atoms with E-state index in [1.165, 1.54) is 6.20 Å². The quantitative estimate of drug-likeness (QED) is 0.671. The Bertz CT molecular complexity index is 692. The van der Waals surface area contributed by atoms with Gasteiger partial charge in [0.25, 0.3) is 5.56 Å². The number of anilines is 1. The van der Waals surface area contributed by atoms with Gasteiger partial charge >= 0.3 is 0 Å². The van der Waals surface area contributed by atoms with E-state index in [1.54, 1.807) is 6.21 Å². The van der Waals surface area contributed by atoms with Gasteiger partial charge in [-0.25, -0.2) is 5.10 Å². The van der Waals surface area contributed by atoms with Crippen LogP contribution in [-0.4, -0.2) is 16.4 Å². The van der Waals surface area contributed by atoms with Gasteiger partial charge in [0.15, 0.2) is 0 Å². The molecule has 6 heteroatoms. The van der Waals surface area contributed by atoms with E-state index in [1.807, 2.05) is 43.3 Å². The van der Waals surface area contributed by atoms with Crippen LogP contribution < -0.4 is 11.0 Å². The first kappa shape index (κ1) is 14.0. The van der Waals surface area contributed by atoms with Crippen molar-refractivity contribution in [2.75, 3.05) is 5.43 Å². The van der Waals surface area contributed by atoms with Crippen LogP contribution in [0.25, 0.3) is 6.08 Å². The maximum Gasteiger partial charge on any atom is 0.285 e. The van der Waals surface area contributed by atoms with Crippen molar-refractivity contribution in [3.8, 4) is 0 Å². The summed E-state index contributed by atoms with van der Waals surface area (Å²) in [4.78, 5) is 11.2. The fraction of sp³-hybridized carbons (Fsp3) is 0.0714. The molecule has 5 nitrogen and oxygen atoms in total. The number of halogens is 1. The highest BCUT2D eigenvalue weighted by Crippen LogP contribution is 2.14. The molecule has 0 saturated heterocycles. The summed E-state index contributed by atoms with van der Waals surface area (Å²) in [6.45, 7) is 1.93. The molecule has 20 heavy (non-hydrogen) atoms. The molecule has 0 spiro atoms. The van der Waals surface area contributed by atoms with E-state index in [-0.39, 0.29) is 5.02 Å². The first-order chi connectivity index (χ1) is 9.66. The normalized spacial score (nSPS) is 11.8. The molecule has 1 aromatic heterocycles. The van der Waals surface area contributed by atoms with Crippen molar-refractivity contribution < 1.29 is 0 Å². The molecule has 0 aliphatic carbocycles. The molecular formula is C14H13ClN4O. The Labute approximate surface area is 121 Å². The predicted molar refractivity (Wildman–Crippen MR) is 82.1 cm³/mol. The minimum Gasteiger partial charge on any atom is -0.275 e. The molecule has 0 fully saturated rings. The van der Waals surface area contributed by atoms with E-state index in [2.05, 4.69) is 20.7 Å². The standard InChI is InChI=1S/C14H13ClN4O/c1-10(7-11-5-3-2-4-6-11)8-16-18-12-9-17-19-14(20)13(12)15/h2-9H,1H3,(H2,18,19,20). The summed E-state index contributed by atoms with van der Waals surface area (Å²) in [6, 6.07) is 9.90. The second-order valence-corrected chi connectivity index (χ2v) is 4.47. The van der Waals surface area contributed by atoms with E-state index in [0.717, 1.165) is 11.1 Å². The zero-order chi connectivity index (χ0) is 14.4. The molecule has 0 atom stereocenters. The van der Waals surface area contributed by atoms with Crippen LogP contribution in [0, 0.1) is 0 Å². The number of hydrazone groups is 1. The molecule has 0 amide bonds. The van der Waals surface area contributed by atoms with Gasteiger partial charge < -0.3 is 0 Å². The van der Waals surface area contributed by atoms with Crippen molar-refractivity contribution in [3.05, 3.63) is 63.0 Å². The number of hydrogen-bond acceptors (Lipinski definition) is 4. The summed E-state index contributed by atoms with van der Waals surface area (Å²) >= 11 is 5.80. The largest absolute Gasteiger partial charge is 0.285 e. The first-order valence-corrected chi connectivity index (χ1v) is 6.30. The number of nitrogens with one attached hydrogen (secondary N) is 2. The lowest BCUT2D eigenvalue weighted by atomic mass is 10.1. The molecule has 0 aliphatic heterocycles. The topological polar surface area (TPSA) is 70.1 Å². The molecular weight excluding hydrogens is 276 g/mol. The highest BCUT2D eigenvalue weighted by atomic mass is 35.5. The third-order valence-corrected chi connectivity index (χ3v) is 2.82. The molecule has 1 aromatic carbocycles. The lowest BCUT2D eigenvalue weighted by molar-refractivity contribution is 0.987. The highest BCUT2D eigenvalue weighted by Gasteiger charge is 2.02.